The molecule has 0 aromatic heterocycles. The first-order valence-electron chi connectivity index (χ1n) is 3.85. The van der Waals surface area contributed by atoms with Gasteiger partial charge in [0.25, 0.3) is 0 Å². The second kappa shape index (κ2) is 7.88. The molecule has 0 spiro atoms. The average Bonchev–Trinajstić information content (AvgIpc) is 2.01. The second-order valence-corrected chi connectivity index (χ2v) is 3.55. The molecule has 0 saturated carbocycles. The maximum atomic E-state index is 10.1. The number of hydrogen-bond donors (Lipinski definition) is 3. The van der Waals surface area contributed by atoms with Crippen LogP contribution in [0.15, 0.2) is 0 Å². The van der Waals surface area contributed by atoms with Gasteiger partial charge in [0, 0.05) is 18.1 Å². The molecule has 0 aliphatic carbocycles. The Labute approximate surface area is 80.5 Å². The van der Waals surface area contributed by atoms with Crippen LogP contribution >= 0.6 is 11.8 Å². The lowest BCUT2D eigenvalue weighted by molar-refractivity contribution is -0.137. The first-order chi connectivity index (χ1) is 6.13. The SMILES string of the molecule is O=C(O)CCSCCNCC(=O)O. The molecule has 0 aromatic rings. The highest BCUT2D eigenvalue weighted by Gasteiger charge is 1.97. The highest BCUT2D eigenvalue weighted by molar-refractivity contribution is 7.99. The Morgan fingerprint density at radius 2 is 1.85 bits per heavy atom. The lowest BCUT2D eigenvalue weighted by Crippen LogP contribution is -2.24. The number of rotatable bonds is 8. The van der Waals surface area contributed by atoms with Crippen molar-refractivity contribution in [3.63, 3.8) is 0 Å². The highest BCUT2D eigenvalue weighted by Crippen LogP contribution is 2.00. The van der Waals surface area contributed by atoms with E-state index in [0.717, 1.165) is 5.75 Å². The van der Waals surface area contributed by atoms with E-state index >= 15 is 0 Å². The van der Waals surface area contributed by atoms with Crippen LogP contribution in [-0.4, -0.2) is 46.7 Å². The van der Waals surface area contributed by atoms with Gasteiger partial charge < -0.3 is 15.5 Å². The van der Waals surface area contributed by atoms with Gasteiger partial charge in [0.15, 0.2) is 0 Å². The van der Waals surface area contributed by atoms with Gasteiger partial charge in [0.05, 0.1) is 13.0 Å². The number of carboxylic acid groups (broad SMARTS) is 2. The van der Waals surface area contributed by atoms with E-state index in [-0.39, 0.29) is 13.0 Å². The Morgan fingerprint density at radius 3 is 2.38 bits per heavy atom. The zero-order valence-electron chi connectivity index (χ0n) is 7.15. The summed E-state index contributed by atoms with van der Waals surface area (Å²) in [6.45, 7) is 0.552. The predicted molar refractivity (Wildman–Crippen MR) is 50.1 cm³/mol. The van der Waals surface area contributed by atoms with Crippen LogP contribution in [0.1, 0.15) is 6.42 Å². The maximum Gasteiger partial charge on any atom is 0.317 e. The Bertz CT molecular complexity index is 156. The molecule has 5 nitrogen and oxygen atoms in total. The summed E-state index contributed by atoms with van der Waals surface area (Å²) in [4.78, 5) is 20.1. The van der Waals surface area contributed by atoms with Crippen molar-refractivity contribution in [1.29, 1.82) is 0 Å². The van der Waals surface area contributed by atoms with Gasteiger partial charge in [-0.15, -0.1) is 0 Å². The third-order valence-electron chi connectivity index (χ3n) is 1.16. The quantitative estimate of drug-likeness (QED) is 0.481. The first-order valence-corrected chi connectivity index (χ1v) is 5.00. The topological polar surface area (TPSA) is 86.6 Å². The maximum absolute atomic E-state index is 10.1. The van der Waals surface area contributed by atoms with Crippen LogP contribution in [-0.2, 0) is 9.59 Å². The number of nitrogens with one attached hydrogen (secondary N) is 1. The third-order valence-corrected chi connectivity index (χ3v) is 2.15. The second-order valence-electron chi connectivity index (χ2n) is 2.33. The summed E-state index contributed by atoms with van der Waals surface area (Å²) in [5, 5.41) is 19.2. The molecule has 3 N–H and O–H groups in total. The standard InChI is InChI=1S/C7H13NO4S/c9-6(10)1-3-13-4-2-8-5-7(11)12/h8H,1-5H2,(H,9,10)(H,11,12). The molecule has 0 atom stereocenters. The number of carboxylic acids is 2. The molecule has 6 heteroatoms. The summed E-state index contributed by atoms with van der Waals surface area (Å²) in [6, 6.07) is 0. The van der Waals surface area contributed by atoms with Crippen LogP contribution in [0.5, 0.6) is 0 Å². The summed E-state index contributed by atoms with van der Waals surface area (Å²) in [5.41, 5.74) is 0. The van der Waals surface area contributed by atoms with Crippen molar-refractivity contribution in [3.05, 3.63) is 0 Å². The number of carbonyl (C=O) groups is 2. The molecule has 0 aliphatic rings. The summed E-state index contributed by atoms with van der Waals surface area (Å²) in [7, 11) is 0. The number of aliphatic carboxylic acids is 2. The van der Waals surface area contributed by atoms with Gasteiger partial charge in [-0.25, -0.2) is 0 Å². The van der Waals surface area contributed by atoms with Gasteiger partial charge in [0.1, 0.15) is 0 Å². The van der Waals surface area contributed by atoms with Crippen LogP contribution in [0.3, 0.4) is 0 Å². The molecule has 0 heterocycles. The van der Waals surface area contributed by atoms with E-state index in [1.165, 1.54) is 11.8 Å². The van der Waals surface area contributed by atoms with E-state index in [1.54, 1.807) is 0 Å². The number of thioether (sulfide) groups is 1. The lowest BCUT2D eigenvalue weighted by Gasteiger charge is -2.00. The summed E-state index contributed by atoms with van der Waals surface area (Å²) in [5.74, 6) is -0.369. The number of hydrogen-bond acceptors (Lipinski definition) is 4. The van der Waals surface area contributed by atoms with Crippen molar-refractivity contribution in [2.75, 3.05) is 24.6 Å². The van der Waals surface area contributed by atoms with Gasteiger partial charge >= 0.3 is 11.9 Å². The van der Waals surface area contributed by atoms with Crippen molar-refractivity contribution in [2.24, 2.45) is 0 Å². The van der Waals surface area contributed by atoms with E-state index < -0.39 is 11.9 Å². The Kier molecular flexibility index (Phi) is 7.42. The predicted octanol–water partition coefficient (Wildman–Crippen LogP) is -0.132. The fourth-order valence-corrected chi connectivity index (χ4v) is 1.41. The van der Waals surface area contributed by atoms with Crippen LogP contribution < -0.4 is 5.32 Å². The monoisotopic (exact) mass is 207 g/mol. The van der Waals surface area contributed by atoms with Crippen LogP contribution in [0.4, 0.5) is 0 Å². The van der Waals surface area contributed by atoms with Crippen molar-refractivity contribution in [3.8, 4) is 0 Å². The van der Waals surface area contributed by atoms with E-state index in [4.69, 9.17) is 10.2 Å². The van der Waals surface area contributed by atoms with Gasteiger partial charge in [-0.2, -0.15) is 11.8 Å². The largest absolute Gasteiger partial charge is 0.481 e. The minimum atomic E-state index is -0.879. The van der Waals surface area contributed by atoms with Crippen LogP contribution in [0.25, 0.3) is 0 Å². The Hall–Kier alpha value is -0.750. The Morgan fingerprint density at radius 1 is 1.15 bits per heavy atom. The first kappa shape index (κ1) is 12.2. The molecule has 0 aliphatic heterocycles. The van der Waals surface area contributed by atoms with E-state index in [2.05, 4.69) is 5.32 Å². The smallest absolute Gasteiger partial charge is 0.317 e. The Balaban J connectivity index is 3.00. The van der Waals surface area contributed by atoms with Gasteiger partial charge in [-0.1, -0.05) is 0 Å². The van der Waals surface area contributed by atoms with Crippen molar-refractivity contribution >= 4 is 23.7 Å². The molecule has 0 unspecified atom stereocenters. The van der Waals surface area contributed by atoms with Gasteiger partial charge in [-0.05, 0) is 0 Å². The molecule has 0 radical (unpaired) electrons. The normalized spacial score (nSPS) is 9.85. The fourth-order valence-electron chi connectivity index (χ4n) is 0.601. The van der Waals surface area contributed by atoms with Gasteiger partial charge in [0.2, 0.25) is 0 Å². The van der Waals surface area contributed by atoms with Crippen molar-refractivity contribution in [1.82, 2.24) is 5.32 Å². The molecule has 0 amide bonds. The van der Waals surface area contributed by atoms with Crippen molar-refractivity contribution < 1.29 is 19.8 Å². The molecule has 0 saturated heterocycles. The summed E-state index contributed by atoms with van der Waals surface area (Å²) >= 11 is 1.50. The molecule has 0 fully saturated rings. The minimum absolute atomic E-state index is 0.0422. The highest BCUT2D eigenvalue weighted by atomic mass is 32.2. The van der Waals surface area contributed by atoms with E-state index in [1.807, 2.05) is 0 Å². The van der Waals surface area contributed by atoms with Crippen LogP contribution in [0.2, 0.25) is 0 Å². The lowest BCUT2D eigenvalue weighted by atomic mass is 10.5. The van der Waals surface area contributed by atoms with E-state index in [9.17, 15) is 9.59 Å². The molecular formula is C7H13NO4S. The molecule has 0 bridgehead atoms. The molecule has 76 valence electrons. The molecule has 13 heavy (non-hydrogen) atoms. The van der Waals surface area contributed by atoms with E-state index in [0.29, 0.717) is 12.3 Å². The van der Waals surface area contributed by atoms with Gasteiger partial charge in [-0.3, -0.25) is 9.59 Å². The summed E-state index contributed by atoms with van der Waals surface area (Å²) in [6.07, 6.45) is 0.156. The molecule has 0 aromatic carbocycles. The molecule has 0 rings (SSSR count). The fraction of sp³-hybridized carbons (Fsp3) is 0.714. The third kappa shape index (κ3) is 11.2. The molecular weight excluding hydrogens is 194 g/mol. The minimum Gasteiger partial charge on any atom is -0.481 e. The zero-order valence-corrected chi connectivity index (χ0v) is 7.97. The zero-order chi connectivity index (χ0) is 10.1. The van der Waals surface area contributed by atoms with Crippen molar-refractivity contribution in [2.45, 2.75) is 6.42 Å². The van der Waals surface area contributed by atoms with Crippen LogP contribution in [0, 0.1) is 0 Å². The summed E-state index contributed by atoms with van der Waals surface area (Å²) < 4.78 is 0. The average molecular weight is 207 g/mol.